The number of aryl methyl sites for hydroxylation is 2. The van der Waals surface area contributed by atoms with Crippen molar-refractivity contribution in [3.05, 3.63) is 39.9 Å². The first-order valence-electron chi connectivity index (χ1n) is 10.3. The summed E-state index contributed by atoms with van der Waals surface area (Å²) in [5.41, 5.74) is 7.20. The first kappa shape index (κ1) is 22.5. The molecule has 0 radical (unpaired) electrons. The van der Waals surface area contributed by atoms with Crippen LogP contribution < -0.4 is 20.1 Å². The molecule has 2 aliphatic rings. The van der Waals surface area contributed by atoms with Gasteiger partial charge in [0.1, 0.15) is 4.88 Å². The molecule has 0 spiro atoms. The molecule has 172 valence electrons. The third-order valence-electron chi connectivity index (χ3n) is 5.38. The molecule has 0 unspecified atom stereocenters. The highest BCUT2D eigenvalue weighted by Crippen LogP contribution is 2.30. The third kappa shape index (κ3) is 4.71. The lowest BCUT2D eigenvalue weighted by Crippen LogP contribution is -2.41. The van der Waals surface area contributed by atoms with Gasteiger partial charge in [-0.05, 0) is 43.5 Å². The molecule has 0 atom stereocenters. The van der Waals surface area contributed by atoms with Crippen LogP contribution in [-0.2, 0) is 21.2 Å². The van der Waals surface area contributed by atoms with Crippen LogP contribution in [0.2, 0.25) is 0 Å². The molecule has 1 saturated heterocycles. The van der Waals surface area contributed by atoms with E-state index in [1.165, 1.54) is 21.9 Å². The molecule has 2 amide bonds. The number of rotatable bonds is 4. The molecule has 1 aromatic heterocycles. The summed E-state index contributed by atoms with van der Waals surface area (Å²) in [5, 5.41) is 0.757. The Morgan fingerprint density at radius 3 is 2.56 bits per heavy atom. The minimum absolute atomic E-state index is 0.342. The van der Waals surface area contributed by atoms with Crippen LogP contribution in [-0.4, -0.2) is 64.3 Å². The highest BCUT2D eigenvalue weighted by molar-refractivity contribution is 7.92. The summed E-state index contributed by atoms with van der Waals surface area (Å²) < 4.78 is 30.7. The van der Waals surface area contributed by atoms with Gasteiger partial charge in [-0.2, -0.15) is 0 Å². The molecule has 2 aromatic rings. The van der Waals surface area contributed by atoms with E-state index in [1.807, 2.05) is 0 Å². The van der Waals surface area contributed by atoms with Gasteiger partial charge in [0.2, 0.25) is 10.0 Å². The van der Waals surface area contributed by atoms with Gasteiger partial charge in [0, 0.05) is 25.2 Å². The van der Waals surface area contributed by atoms with Crippen molar-refractivity contribution in [3.63, 3.8) is 0 Å². The molecule has 1 fully saturated rings. The van der Waals surface area contributed by atoms with Crippen molar-refractivity contribution in [1.82, 2.24) is 15.8 Å². The fourth-order valence-corrected chi connectivity index (χ4v) is 5.78. The number of morpholine rings is 1. The number of hydrazine groups is 1. The summed E-state index contributed by atoms with van der Waals surface area (Å²) in [7, 11) is -3.37. The van der Waals surface area contributed by atoms with E-state index in [9.17, 15) is 18.0 Å². The van der Waals surface area contributed by atoms with Crippen molar-refractivity contribution in [1.29, 1.82) is 0 Å². The second kappa shape index (κ2) is 9.04. The molecule has 2 aliphatic heterocycles. The number of amides is 2. The van der Waals surface area contributed by atoms with Crippen LogP contribution in [0, 0.1) is 6.92 Å². The summed E-state index contributed by atoms with van der Waals surface area (Å²) in [6.07, 6.45) is 2.53. The molecule has 32 heavy (non-hydrogen) atoms. The molecule has 3 heterocycles. The number of sulfonamides is 1. The number of fused-ring (bicyclic) bond motifs is 1. The number of benzene rings is 1. The lowest BCUT2D eigenvalue weighted by Gasteiger charge is -2.29. The Labute approximate surface area is 190 Å². The van der Waals surface area contributed by atoms with Crippen molar-refractivity contribution in [3.8, 4) is 0 Å². The number of hydrogen-bond acceptors (Lipinski definition) is 8. The molecule has 4 rings (SSSR count). The van der Waals surface area contributed by atoms with E-state index in [-0.39, 0.29) is 0 Å². The van der Waals surface area contributed by atoms with E-state index in [0.29, 0.717) is 54.4 Å². The molecule has 0 saturated carbocycles. The molecule has 0 aliphatic carbocycles. The lowest BCUT2D eigenvalue weighted by molar-refractivity contribution is 0.0848. The van der Waals surface area contributed by atoms with Crippen LogP contribution in [0.3, 0.4) is 0 Å². The lowest BCUT2D eigenvalue weighted by atomic mass is 10.0. The molecule has 1 aromatic carbocycles. The summed E-state index contributed by atoms with van der Waals surface area (Å²) in [6, 6.07) is 4.86. The van der Waals surface area contributed by atoms with Gasteiger partial charge in [-0.25, -0.2) is 13.4 Å². The Morgan fingerprint density at radius 1 is 1.12 bits per heavy atom. The van der Waals surface area contributed by atoms with Crippen LogP contribution in [0.25, 0.3) is 0 Å². The zero-order valence-corrected chi connectivity index (χ0v) is 19.5. The highest BCUT2D eigenvalue weighted by Gasteiger charge is 2.25. The molecular weight excluding hydrogens is 454 g/mol. The predicted molar refractivity (Wildman–Crippen MR) is 122 cm³/mol. The SMILES string of the molecule is Cc1nc(N2CCOCC2)sc1C(=O)NNC(=O)c1ccc2c(c1)CCCN2S(C)(=O)=O. The van der Waals surface area contributed by atoms with Gasteiger partial charge >= 0.3 is 0 Å². The van der Waals surface area contributed by atoms with E-state index in [0.717, 1.165) is 23.8 Å². The van der Waals surface area contributed by atoms with Crippen LogP contribution in [0.1, 0.15) is 37.7 Å². The van der Waals surface area contributed by atoms with Crippen LogP contribution in [0.4, 0.5) is 10.8 Å². The summed E-state index contributed by atoms with van der Waals surface area (Å²) in [6.45, 7) is 4.87. The van der Waals surface area contributed by atoms with Gasteiger partial charge in [-0.3, -0.25) is 24.7 Å². The Bertz CT molecular complexity index is 1140. The molecule has 0 bridgehead atoms. The number of nitrogens with one attached hydrogen (secondary N) is 2. The van der Waals surface area contributed by atoms with E-state index in [4.69, 9.17) is 4.74 Å². The Morgan fingerprint density at radius 2 is 1.84 bits per heavy atom. The first-order chi connectivity index (χ1) is 15.2. The van der Waals surface area contributed by atoms with Gasteiger partial charge in [-0.15, -0.1) is 0 Å². The maximum Gasteiger partial charge on any atom is 0.281 e. The quantitative estimate of drug-likeness (QED) is 0.630. The average molecular weight is 480 g/mol. The Balaban J connectivity index is 1.42. The largest absolute Gasteiger partial charge is 0.378 e. The van der Waals surface area contributed by atoms with Gasteiger partial charge in [-0.1, -0.05) is 11.3 Å². The summed E-state index contributed by atoms with van der Waals surface area (Å²) >= 11 is 1.28. The maximum absolute atomic E-state index is 12.6. The van der Waals surface area contributed by atoms with E-state index >= 15 is 0 Å². The number of hydrogen-bond donors (Lipinski definition) is 2. The highest BCUT2D eigenvalue weighted by atomic mass is 32.2. The average Bonchev–Trinajstić information content (AvgIpc) is 3.18. The molecule has 2 N–H and O–H groups in total. The second-order valence-corrected chi connectivity index (χ2v) is 10.6. The monoisotopic (exact) mass is 479 g/mol. The first-order valence-corrected chi connectivity index (χ1v) is 12.9. The molecular formula is C20H25N5O5S2. The number of anilines is 2. The van der Waals surface area contributed by atoms with Crippen LogP contribution >= 0.6 is 11.3 Å². The fraction of sp³-hybridized carbons (Fsp3) is 0.450. The van der Waals surface area contributed by atoms with E-state index in [2.05, 4.69) is 20.7 Å². The molecule has 10 nitrogen and oxygen atoms in total. The number of carbonyl (C=O) groups excluding carboxylic acids is 2. The number of ether oxygens (including phenoxy) is 1. The van der Waals surface area contributed by atoms with Gasteiger partial charge in [0.25, 0.3) is 11.8 Å². The minimum atomic E-state index is -3.37. The topological polar surface area (TPSA) is 121 Å². The van der Waals surface area contributed by atoms with E-state index in [1.54, 1.807) is 25.1 Å². The number of nitrogens with zero attached hydrogens (tertiary/aromatic N) is 3. The summed E-state index contributed by atoms with van der Waals surface area (Å²) in [5.74, 6) is -0.915. The fourth-order valence-electron chi connectivity index (χ4n) is 3.77. The van der Waals surface area contributed by atoms with E-state index < -0.39 is 21.8 Å². The molecule has 12 heteroatoms. The van der Waals surface area contributed by atoms with Crippen LogP contribution in [0.15, 0.2) is 18.2 Å². The third-order valence-corrected chi connectivity index (χ3v) is 7.78. The number of thiazole rings is 1. The normalized spacial score (nSPS) is 16.4. The standard InChI is InChI=1S/C20H25N5O5S2/c1-13-17(31-20(21-13)24-8-10-30-11-9-24)19(27)23-22-18(26)15-5-6-16-14(12-15)4-3-7-25(16)32(2,28)29/h5-6,12H,3-4,7-11H2,1-2H3,(H,22,26)(H,23,27). The van der Waals surface area contributed by atoms with Gasteiger partial charge < -0.3 is 9.64 Å². The van der Waals surface area contributed by atoms with Crippen molar-refractivity contribution >= 4 is 44.0 Å². The maximum atomic E-state index is 12.6. The minimum Gasteiger partial charge on any atom is -0.378 e. The van der Waals surface area contributed by atoms with Crippen molar-refractivity contribution in [2.45, 2.75) is 19.8 Å². The van der Waals surface area contributed by atoms with Gasteiger partial charge in [0.15, 0.2) is 5.13 Å². The number of carbonyl (C=O) groups is 2. The Hall–Kier alpha value is -2.70. The van der Waals surface area contributed by atoms with Crippen molar-refractivity contribution in [2.24, 2.45) is 0 Å². The Kier molecular flexibility index (Phi) is 6.35. The second-order valence-electron chi connectivity index (χ2n) is 7.70. The van der Waals surface area contributed by atoms with Gasteiger partial charge in [0.05, 0.1) is 30.9 Å². The van der Waals surface area contributed by atoms with Crippen LogP contribution in [0.5, 0.6) is 0 Å². The number of aromatic nitrogens is 1. The predicted octanol–water partition coefficient (Wildman–Crippen LogP) is 1.08. The zero-order valence-electron chi connectivity index (χ0n) is 17.9. The smallest absolute Gasteiger partial charge is 0.281 e. The van der Waals surface area contributed by atoms with Crippen molar-refractivity contribution in [2.75, 3.05) is 48.3 Å². The zero-order chi connectivity index (χ0) is 22.9. The van der Waals surface area contributed by atoms with Crippen molar-refractivity contribution < 1.29 is 22.7 Å². The summed E-state index contributed by atoms with van der Waals surface area (Å²) in [4.78, 5) is 32.2.